The minimum Gasteiger partial charge on any atom is -0.472 e. The molecule has 4 aromatic carbocycles. The molecule has 0 radical (unpaired) electrons. The highest BCUT2D eigenvalue weighted by atomic mass is 16.5. The van der Waals surface area contributed by atoms with E-state index in [2.05, 4.69) is 66.4 Å². The number of methoxy groups -OCH3 is 1. The van der Waals surface area contributed by atoms with Crippen molar-refractivity contribution in [2.24, 2.45) is 0 Å². The number of nitrogens with zero attached hydrogens (tertiary/aromatic N) is 2. The number of carbonyl (C=O) groups is 1. The number of esters is 1. The molecule has 1 aliphatic heterocycles. The van der Waals surface area contributed by atoms with E-state index in [-0.39, 0.29) is 5.97 Å². The summed E-state index contributed by atoms with van der Waals surface area (Å²) in [5.74, 6) is 0.309. The molecular weight excluding hydrogens is 472 g/mol. The molecule has 0 bridgehead atoms. The average molecular weight is 507 g/mol. The highest BCUT2D eigenvalue weighted by molar-refractivity contribution is 6.13. The Labute approximate surface area is 224 Å². The molecule has 194 valence electrons. The zero-order valence-corrected chi connectivity index (χ0v) is 22.5. The number of hydrogen-bond acceptors (Lipinski definition) is 5. The second kappa shape index (κ2) is 10.7. The number of fused-ring (bicyclic) bond motifs is 3. The average Bonchev–Trinajstić information content (AvgIpc) is 2.96. The Morgan fingerprint density at radius 2 is 1.39 bits per heavy atom. The van der Waals surface area contributed by atoms with E-state index in [1.54, 1.807) is 0 Å². The standard InChI is InChI=1S/C33H34N2O3/c1-34(2)22-13-23-35(3)30-26-18-11-12-19-27(26)31-28(29(30)32(36)37-4)20-21-33(38-31,24-14-7-5-8-15-24)25-16-9-6-10-17-25/h5-12,14-21H,13,22-23H2,1-4H3. The lowest BCUT2D eigenvalue weighted by Gasteiger charge is -2.38. The van der Waals surface area contributed by atoms with E-state index in [0.29, 0.717) is 11.3 Å². The van der Waals surface area contributed by atoms with Crippen molar-refractivity contribution in [2.75, 3.05) is 46.2 Å². The van der Waals surface area contributed by atoms with Gasteiger partial charge in [0.1, 0.15) is 5.75 Å². The molecule has 38 heavy (non-hydrogen) atoms. The lowest BCUT2D eigenvalue weighted by molar-refractivity contribution is 0.0600. The fourth-order valence-electron chi connectivity index (χ4n) is 5.36. The number of carbonyl (C=O) groups excluding carboxylic acids is 1. The summed E-state index contributed by atoms with van der Waals surface area (Å²) in [5, 5.41) is 1.93. The van der Waals surface area contributed by atoms with Crippen molar-refractivity contribution in [3.8, 4) is 5.75 Å². The molecule has 0 atom stereocenters. The van der Waals surface area contributed by atoms with Gasteiger partial charge in [-0.25, -0.2) is 4.79 Å². The summed E-state index contributed by atoms with van der Waals surface area (Å²) in [4.78, 5) is 17.7. The van der Waals surface area contributed by atoms with Crippen LogP contribution in [0.4, 0.5) is 5.69 Å². The topological polar surface area (TPSA) is 42.0 Å². The maximum absolute atomic E-state index is 13.4. The summed E-state index contributed by atoms with van der Waals surface area (Å²) < 4.78 is 12.4. The first-order valence-electron chi connectivity index (χ1n) is 13.0. The van der Waals surface area contributed by atoms with Gasteiger partial charge in [0, 0.05) is 41.1 Å². The zero-order valence-electron chi connectivity index (χ0n) is 22.5. The Bertz CT molecular complexity index is 1420. The van der Waals surface area contributed by atoms with Crippen LogP contribution in [-0.4, -0.2) is 52.2 Å². The maximum Gasteiger partial charge on any atom is 0.340 e. The summed E-state index contributed by atoms with van der Waals surface area (Å²) in [5.41, 5.74) is 3.32. The van der Waals surface area contributed by atoms with Gasteiger partial charge in [0.05, 0.1) is 18.4 Å². The number of hydrogen-bond donors (Lipinski definition) is 0. The second-order valence-electron chi connectivity index (χ2n) is 9.99. The van der Waals surface area contributed by atoms with Crippen molar-refractivity contribution in [3.05, 3.63) is 113 Å². The molecule has 0 spiro atoms. The Morgan fingerprint density at radius 1 is 0.816 bits per heavy atom. The number of anilines is 1. The summed E-state index contributed by atoms with van der Waals surface area (Å²) in [7, 11) is 7.62. The van der Waals surface area contributed by atoms with Crippen LogP contribution in [-0.2, 0) is 10.3 Å². The quantitative estimate of drug-likeness (QED) is 0.260. The Hall–Kier alpha value is -4.09. The number of ether oxygens (including phenoxy) is 2. The summed E-state index contributed by atoms with van der Waals surface area (Å²) in [6, 6.07) is 28.6. The van der Waals surface area contributed by atoms with Gasteiger partial charge in [-0.3, -0.25) is 0 Å². The largest absolute Gasteiger partial charge is 0.472 e. The van der Waals surface area contributed by atoms with E-state index in [4.69, 9.17) is 9.47 Å². The highest BCUT2D eigenvalue weighted by Gasteiger charge is 2.39. The van der Waals surface area contributed by atoms with Crippen LogP contribution in [0.25, 0.3) is 16.8 Å². The van der Waals surface area contributed by atoms with Gasteiger partial charge >= 0.3 is 5.97 Å². The molecule has 5 rings (SSSR count). The number of benzene rings is 4. The van der Waals surface area contributed by atoms with Gasteiger partial charge in [-0.15, -0.1) is 0 Å². The van der Waals surface area contributed by atoms with Crippen molar-refractivity contribution in [2.45, 2.75) is 12.0 Å². The predicted molar refractivity (Wildman–Crippen MR) is 155 cm³/mol. The second-order valence-corrected chi connectivity index (χ2v) is 9.99. The molecule has 0 aliphatic carbocycles. The Kier molecular flexibility index (Phi) is 7.21. The first kappa shape index (κ1) is 25.6. The van der Waals surface area contributed by atoms with Crippen molar-refractivity contribution < 1.29 is 14.3 Å². The molecule has 0 saturated carbocycles. The van der Waals surface area contributed by atoms with E-state index >= 15 is 0 Å². The molecule has 4 aromatic rings. The third-order valence-electron chi connectivity index (χ3n) is 7.20. The van der Waals surface area contributed by atoms with E-state index in [1.165, 1.54) is 7.11 Å². The van der Waals surface area contributed by atoms with E-state index in [1.807, 2.05) is 61.7 Å². The monoisotopic (exact) mass is 506 g/mol. The smallest absolute Gasteiger partial charge is 0.340 e. The first-order chi connectivity index (χ1) is 18.5. The molecule has 0 unspecified atom stereocenters. The van der Waals surface area contributed by atoms with Crippen LogP contribution in [0.5, 0.6) is 5.75 Å². The molecule has 5 heteroatoms. The first-order valence-corrected chi connectivity index (χ1v) is 13.0. The van der Waals surface area contributed by atoms with E-state index in [0.717, 1.165) is 52.7 Å². The molecule has 1 heterocycles. The van der Waals surface area contributed by atoms with Crippen LogP contribution in [0, 0.1) is 0 Å². The third kappa shape index (κ3) is 4.54. The van der Waals surface area contributed by atoms with Crippen molar-refractivity contribution in [1.29, 1.82) is 0 Å². The molecule has 1 aliphatic rings. The van der Waals surface area contributed by atoms with Crippen LogP contribution >= 0.6 is 0 Å². The fourth-order valence-corrected chi connectivity index (χ4v) is 5.36. The summed E-state index contributed by atoms with van der Waals surface area (Å²) in [6.45, 7) is 1.76. The molecule has 0 aromatic heterocycles. The lowest BCUT2D eigenvalue weighted by atomic mass is 9.82. The van der Waals surface area contributed by atoms with Gasteiger partial charge in [0.2, 0.25) is 0 Å². The lowest BCUT2D eigenvalue weighted by Crippen LogP contribution is -2.35. The van der Waals surface area contributed by atoms with E-state index in [9.17, 15) is 4.79 Å². The minimum atomic E-state index is -0.842. The molecule has 0 saturated heterocycles. The van der Waals surface area contributed by atoms with Crippen LogP contribution < -0.4 is 9.64 Å². The van der Waals surface area contributed by atoms with Crippen LogP contribution in [0.2, 0.25) is 0 Å². The molecule has 0 amide bonds. The summed E-state index contributed by atoms with van der Waals surface area (Å²) >= 11 is 0. The van der Waals surface area contributed by atoms with Gasteiger partial charge in [-0.2, -0.15) is 0 Å². The Balaban J connectivity index is 1.75. The third-order valence-corrected chi connectivity index (χ3v) is 7.20. The van der Waals surface area contributed by atoms with Gasteiger partial charge in [-0.1, -0.05) is 84.9 Å². The Morgan fingerprint density at radius 3 is 1.97 bits per heavy atom. The molecular formula is C33H34N2O3. The number of rotatable bonds is 8. The molecule has 5 nitrogen and oxygen atoms in total. The van der Waals surface area contributed by atoms with Crippen LogP contribution in [0.3, 0.4) is 0 Å². The van der Waals surface area contributed by atoms with Crippen LogP contribution in [0.15, 0.2) is 91.0 Å². The molecule has 0 fully saturated rings. The van der Waals surface area contributed by atoms with E-state index < -0.39 is 5.60 Å². The van der Waals surface area contributed by atoms with Crippen molar-refractivity contribution in [3.63, 3.8) is 0 Å². The maximum atomic E-state index is 13.4. The fraction of sp³-hybridized carbons (Fsp3) is 0.242. The highest BCUT2D eigenvalue weighted by Crippen LogP contribution is 2.49. The minimum absolute atomic E-state index is 0.373. The normalized spacial score (nSPS) is 13.7. The van der Waals surface area contributed by atoms with Crippen molar-refractivity contribution in [1.82, 2.24) is 4.90 Å². The molecule has 0 N–H and O–H groups in total. The van der Waals surface area contributed by atoms with Crippen LogP contribution in [0.1, 0.15) is 33.5 Å². The summed E-state index contributed by atoms with van der Waals surface area (Å²) in [6.07, 6.45) is 5.07. The van der Waals surface area contributed by atoms with Gasteiger partial charge in [0.25, 0.3) is 0 Å². The van der Waals surface area contributed by atoms with Gasteiger partial charge in [-0.05, 0) is 39.2 Å². The van der Waals surface area contributed by atoms with Gasteiger partial charge in [0.15, 0.2) is 5.60 Å². The predicted octanol–water partition coefficient (Wildman–Crippen LogP) is 6.36. The SMILES string of the molecule is COC(=O)c1c2c(c3ccccc3c1N(C)CCCN(C)C)OC(c1ccccc1)(c1ccccc1)C=C2. The van der Waals surface area contributed by atoms with Crippen molar-refractivity contribution >= 4 is 28.5 Å². The van der Waals surface area contributed by atoms with Gasteiger partial charge < -0.3 is 19.3 Å². The zero-order chi connectivity index (χ0) is 26.7.